The highest BCUT2D eigenvalue weighted by Crippen LogP contribution is 2.30. The quantitative estimate of drug-likeness (QED) is 0.627. The smallest absolute Gasteiger partial charge is 0.194 e. The third-order valence-corrected chi connectivity index (χ3v) is 5.15. The highest BCUT2D eigenvalue weighted by molar-refractivity contribution is 9.10. The number of halogens is 1. The van der Waals surface area contributed by atoms with E-state index in [-0.39, 0.29) is 5.78 Å². The molecule has 2 aromatic rings. The molecule has 0 heterocycles. The summed E-state index contributed by atoms with van der Waals surface area (Å²) in [6, 6.07) is 5.34. The van der Waals surface area contributed by atoms with Crippen molar-refractivity contribution in [3.63, 3.8) is 0 Å². The Morgan fingerprint density at radius 1 is 0.905 bits per heavy atom. The van der Waals surface area contributed by atoms with Gasteiger partial charge >= 0.3 is 0 Å². The first-order chi connectivity index (χ1) is 9.75. The molecule has 0 aliphatic heterocycles. The zero-order chi connectivity index (χ0) is 15.9. The normalized spacial score (nSPS) is 10.8. The van der Waals surface area contributed by atoms with Gasteiger partial charge < -0.3 is 5.73 Å². The van der Waals surface area contributed by atoms with Crippen molar-refractivity contribution in [2.75, 3.05) is 5.73 Å². The van der Waals surface area contributed by atoms with Gasteiger partial charge in [0.05, 0.1) is 0 Å². The molecule has 0 aliphatic carbocycles. The second kappa shape index (κ2) is 5.64. The Kier molecular flexibility index (Phi) is 4.24. The lowest BCUT2D eigenvalue weighted by Crippen LogP contribution is -2.11. The van der Waals surface area contributed by atoms with Crippen molar-refractivity contribution < 1.29 is 4.79 Å². The van der Waals surface area contributed by atoms with E-state index in [0.717, 1.165) is 21.2 Å². The molecule has 0 saturated carbocycles. The van der Waals surface area contributed by atoms with Gasteiger partial charge in [-0.2, -0.15) is 0 Å². The van der Waals surface area contributed by atoms with Crippen molar-refractivity contribution in [1.29, 1.82) is 0 Å². The van der Waals surface area contributed by atoms with Gasteiger partial charge in [-0.1, -0.05) is 15.9 Å². The minimum atomic E-state index is 0.0235. The van der Waals surface area contributed by atoms with Crippen molar-refractivity contribution in [2.45, 2.75) is 34.6 Å². The number of rotatable bonds is 2. The Balaban J connectivity index is 2.73. The maximum absolute atomic E-state index is 13.0. The predicted octanol–water partition coefficient (Wildman–Crippen LogP) is 4.80. The summed E-state index contributed by atoms with van der Waals surface area (Å²) in [5.74, 6) is 0.0235. The maximum atomic E-state index is 13.0. The van der Waals surface area contributed by atoms with Crippen LogP contribution in [0.25, 0.3) is 0 Å². The summed E-state index contributed by atoms with van der Waals surface area (Å²) in [6.07, 6.45) is 0. The van der Waals surface area contributed by atoms with E-state index >= 15 is 0 Å². The van der Waals surface area contributed by atoms with Crippen molar-refractivity contribution in [3.05, 3.63) is 61.6 Å². The molecular formula is C18H20BrNO. The van der Waals surface area contributed by atoms with E-state index in [9.17, 15) is 4.79 Å². The van der Waals surface area contributed by atoms with Crippen LogP contribution in [0.5, 0.6) is 0 Å². The zero-order valence-corrected chi connectivity index (χ0v) is 14.7. The standard InChI is InChI=1S/C18H20BrNO/c1-9-10(2)12(4)17(13(5)11(9)3)18(21)15-8-14(20)6-7-16(15)19/h6-8H,20H2,1-5H3. The number of carbonyl (C=O) groups is 1. The molecule has 2 N–H and O–H groups in total. The Bertz CT molecular complexity index is 718. The number of ketones is 1. The second-order valence-electron chi connectivity index (χ2n) is 5.57. The average molecular weight is 346 g/mol. The van der Waals surface area contributed by atoms with E-state index in [2.05, 4.69) is 36.7 Å². The Labute approximate surface area is 134 Å². The molecule has 2 nitrogen and oxygen atoms in total. The fourth-order valence-electron chi connectivity index (χ4n) is 2.69. The summed E-state index contributed by atoms with van der Waals surface area (Å²) >= 11 is 3.45. The summed E-state index contributed by atoms with van der Waals surface area (Å²) in [6.45, 7) is 10.3. The van der Waals surface area contributed by atoms with E-state index in [1.165, 1.54) is 16.7 Å². The summed E-state index contributed by atoms with van der Waals surface area (Å²) in [5, 5.41) is 0. The molecule has 0 saturated heterocycles. The zero-order valence-electron chi connectivity index (χ0n) is 13.1. The van der Waals surface area contributed by atoms with Crippen molar-refractivity contribution in [2.24, 2.45) is 0 Å². The molecule has 0 fully saturated rings. The van der Waals surface area contributed by atoms with Crippen molar-refractivity contribution >= 4 is 27.4 Å². The second-order valence-corrected chi connectivity index (χ2v) is 6.42. The van der Waals surface area contributed by atoms with Gasteiger partial charge in [-0.3, -0.25) is 4.79 Å². The summed E-state index contributed by atoms with van der Waals surface area (Å²) < 4.78 is 0.774. The molecule has 21 heavy (non-hydrogen) atoms. The Morgan fingerprint density at radius 2 is 1.38 bits per heavy atom. The summed E-state index contributed by atoms with van der Waals surface area (Å²) in [5.41, 5.74) is 13.6. The lowest BCUT2D eigenvalue weighted by atomic mass is 9.86. The fraction of sp³-hybridized carbons (Fsp3) is 0.278. The number of nitrogen functional groups attached to an aromatic ring is 1. The van der Waals surface area contributed by atoms with Crippen LogP contribution in [0.1, 0.15) is 43.7 Å². The van der Waals surface area contributed by atoms with Crippen LogP contribution in [-0.2, 0) is 0 Å². The van der Waals surface area contributed by atoms with Gasteiger partial charge in [-0.15, -0.1) is 0 Å². The first kappa shape index (κ1) is 15.8. The monoisotopic (exact) mass is 345 g/mol. The molecule has 0 radical (unpaired) electrons. The molecule has 2 aromatic carbocycles. The van der Waals surface area contributed by atoms with Crippen LogP contribution < -0.4 is 5.73 Å². The van der Waals surface area contributed by atoms with E-state index in [1.54, 1.807) is 12.1 Å². The first-order valence-corrected chi connectivity index (χ1v) is 7.71. The minimum Gasteiger partial charge on any atom is -0.399 e. The van der Waals surface area contributed by atoms with Gasteiger partial charge in [-0.25, -0.2) is 0 Å². The maximum Gasteiger partial charge on any atom is 0.194 e. The molecule has 0 bridgehead atoms. The molecule has 2 rings (SSSR count). The number of hydrogen-bond donors (Lipinski definition) is 1. The highest BCUT2D eigenvalue weighted by Gasteiger charge is 2.21. The van der Waals surface area contributed by atoms with Crippen LogP contribution in [0.15, 0.2) is 22.7 Å². The number of nitrogens with two attached hydrogens (primary N) is 1. The molecule has 0 aliphatic rings. The Morgan fingerprint density at radius 3 is 1.90 bits per heavy atom. The van der Waals surface area contributed by atoms with Crippen LogP contribution in [0, 0.1) is 34.6 Å². The van der Waals surface area contributed by atoms with Crippen LogP contribution in [0.2, 0.25) is 0 Å². The van der Waals surface area contributed by atoms with Gasteiger partial charge in [0.1, 0.15) is 0 Å². The third-order valence-electron chi connectivity index (χ3n) is 4.46. The van der Waals surface area contributed by atoms with Crippen molar-refractivity contribution in [3.8, 4) is 0 Å². The molecule has 0 spiro atoms. The van der Waals surface area contributed by atoms with Crippen LogP contribution in [0.4, 0.5) is 5.69 Å². The van der Waals surface area contributed by atoms with Crippen LogP contribution in [-0.4, -0.2) is 5.78 Å². The molecule has 0 aromatic heterocycles. The molecule has 0 amide bonds. The van der Waals surface area contributed by atoms with E-state index in [0.29, 0.717) is 11.3 Å². The number of carbonyl (C=O) groups excluding carboxylic acids is 1. The Hall–Kier alpha value is -1.61. The summed E-state index contributed by atoms with van der Waals surface area (Å²) in [4.78, 5) is 13.0. The third kappa shape index (κ3) is 2.62. The molecule has 3 heteroatoms. The van der Waals surface area contributed by atoms with Crippen LogP contribution >= 0.6 is 15.9 Å². The molecule has 0 atom stereocenters. The van der Waals surface area contributed by atoms with Gasteiger partial charge in [0.25, 0.3) is 0 Å². The average Bonchev–Trinajstić information content (AvgIpc) is 2.45. The molecule has 0 unspecified atom stereocenters. The number of benzene rings is 2. The molecular weight excluding hydrogens is 326 g/mol. The van der Waals surface area contributed by atoms with Gasteiger partial charge in [0.15, 0.2) is 5.78 Å². The lowest BCUT2D eigenvalue weighted by molar-refractivity contribution is 0.103. The highest BCUT2D eigenvalue weighted by atomic mass is 79.9. The minimum absolute atomic E-state index is 0.0235. The van der Waals surface area contributed by atoms with E-state index in [1.807, 2.05) is 19.9 Å². The van der Waals surface area contributed by atoms with Crippen LogP contribution in [0.3, 0.4) is 0 Å². The fourth-order valence-corrected chi connectivity index (χ4v) is 3.12. The van der Waals surface area contributed by atoms with E-state index in [4.69, 9.17) is 5.73 Å². The molecule has 110 valence electrons. The van der Waals surface area contributed by atoms with E-state index < -0.39 is 0 Å². The number of anilines is 1. The summed E-state index contributed by atoms with van der Waals surface area (Å²) in [7, 11) is 0. The topological polar surface area (TPSA) is 43.1 Å². The number of hydrogen-bond acceptors (Lipinski definition) is 2. The lowest BCUT2D eigenvalue weighted by Gasteiger charge is -2.18. The largest absolute Gasteiger partial charge is 0.399 e. The SMILES string of the molecule is Cc1c(C)c(C)c(C(=O)c2cc(N)ccc2Br)c(C)c1C. The van der Waals surface area contributed by atoms with Gasteiger partial charge in [0.2, 0.25) is 0 Å². The predicted molar refractivity (Wildman–Crippen MR) is 92.1 cm³/mol. The van der Waals surface area contributed by atoms with Gasteiger partial charge in [-0.05, 0) is 80.6 Å². The van der Waals surface area contributed by atoms with Crippen molar-refractivity contribution in [1.82, 2.24) is 0 Å². The first-order valence-electron chi connectivity index (χ1n) is 6.92. The van der Waals surface area contributed by atoms with Gasteiger partial charge in [0, 0.05) is 21.3 Å².